The van der Waals surface area contributed by atoms with Gasteiger partial charge in [0.2, 0.25) is 11.8 Å². The third kappa shape index (κ3) is 5.82. The Labute approximate surface area is 157 Å². The molecule has 142 valence electrons. The summed E-state index contributed by atoms with van der Waals surface area (Å²) in [5.74, 6) is -1.78. The Morgan fingerprint density at radius 2 is 1.56 bits per heavy atom. The predicted octanol–water partition coefficient (Wildman–Crippen LogP) is 4.53. The monoisotopic (exact) mass is 398 g/mol. The molecule has 0 spiro atoms. The minimum atomic E-state index is -4.71. The Kier molecular flexibility index (Phi) is 6.22. The summed E-state index contributed by atoms with van der Waals surface area (Å²) in [4.78, 5) is 35.0. The van der Waals surface area contributed by atoms with Crippen LogP contribution in [0.1, 0.15) is 29.3 Å². The number of benzene rings is 2. The van der Waals surface area contributed by atoms with Gasteiger partial charge in [-0.25, -0.2) is 0 Å². The van der Waals surface area contributed by atoms with Gasteiger partial charge in [-0.05, 0) is 49.4 Å². The number of anilines is 2. The molecule has 0 aliphatic heterocycles. The summed E-state index contributed by atoms with van der Waals surface area (Å²) in [5, 5.41) is 4.35. The number of carbonyl (C=O) groups is 3. The third-order valence-corrected chi connectivity index (χ3v) is 3.69. The fourth-order valence-electron chi connectivity index (χ4n) is 2.19. The van der Waals surface area contributed by atoms with Gasteiger partial charge in [0, 0.05) is 16.3 Å². The van der Waals surface area contributed by atoms with E-state index in [0.29, 0.717) is 17.3 Å². The van der Waals surface area contributed by atoms with E-state index >= 15 is 0 Å². The quantitative estimate of drug-likeness (QED) is 0.574. The number of hydrogen-bond donors (Lipinski definition) is 2. The van der Waals surface area contributed by atoms with E-state index in [1.807, 2.05) is 0 Å². The lowest BCUT2D eigenvalue weighted by Gasteiger charge is -2.14. The molecule has 2 N–H and O–H groups in total. The molecule has 9 heteroatoms. The Hall–Kier alpha value is -2.87. The Balaban J connectivity index is 2.01. The summed E-state index contributed by atoms with van der Waals surface area (Å²) in [7, 11) is 0. The first-order valence-corrected chi connectivity index (χ1v) is 8.01. The number of Topliss-reactive ketones (excluding diaryl/α,β-unsaturated/α-hetero) is 1. The number of ketones is 1. The molecule has 0 aliphatic carbocycles. The summed E-state index contributed by atoms with van der Waals surface area (Å²) in [6, 6.07) is 8.86. The molecule has 0 bridgehead atoms. The number of nitrogens with one attached hydrogen (secondary N) is 2. The number of hydrogen-bond acceptors (Lipinski definition) is 3. The second kappa shape index (κ2) is 8.22. The molecule has 0 heterocycles. The maximum absolute atomic E-state index is 13.0. The van der Waals surface area contributed by atoms with E-state index < -0.39 is 35.7 Å². The van der Waals surface area contributed by atoms with Crippen LogP contribution in [0.15, 0.2) is 42.5 Å². The second-order valence-corrected chi connectivity index (χ2v) is 6.03. The van der Waals surface area contributed by atoms with E-state index in [0.717, 1.165) is 6.07 Å². The van der Waals surface area contributed by atoms with Crippen LogP contribution in [0.3, 0.4) is 0 Å². The van der Waals surface area contributed by atoms with E-state index in [1.165, 1.54) is 37.3 Å². The Morgan fingerprint density at radius 1 is 0.963 bits per heavy atom. The van der Waals surface area contributed by atoms with Crippen LogP contribution in [-0.4, -0.2) is 17.6 Å². The normalized spacial score (nSPS) is 11.0. The van der Waals surface area contributed by atoms with Crippen molar-refractivity contribution >= 4 is 40.6 Å². The molecule has 0 unspecified atom stereocenters. The highest BCUT2D eigenvalue weighted by Crippen LogP contribution is 2.36. The van der Waals surface area contributed by atoms with Crippen LogP contribution < -0.4 is 10.6 Å². The molecule has 0 aromatic heterocycles. The standard InChI is InChI=1S/C18H14ClF3N2O3/c1-10(25)11-2-5-13(6-3-11)23-16(26)9-17(27)24-15-7-4-12(19)8-14(15)18(20,21)22/h2-8H,9H2,1H3,(H,23,26)(H,24,27). The molecule has 2 aromatic rings. The topological polar surface area (TPSA) is 75.3 Å². The molecule has 2 aromatic carbocycles. The largest absolute Gasteiger partial charge is 0.418 e. The van der Waals surface area contributed by atoms with Crippen LogP contribution in [0.4, 0.5) is 24.5 Å². The van der Waals surface area contributed by atoms with Gasteiger partial charge in [0.15, 0.2) is 5.78 Å². The van der Waals surface area contributed by atoms with E-state index in [-0.39, 0.29) is 10.8 Å². The number of amides is 2. The summed E-state index contributed by atoms with van der Waals surface area (Å²) >= 11 is 5.57. The van der Waals surface area contributed by atoms with Gasteiger partial charge in [-0.3, -0.25) is 14.4 Å². The Bertz CT molecular complexity index is 880. The molecule has 0 atom stereocenters. The van der Waals surface area contributed by atoms with Crippen LogP contribution in [0.25, 0.3) is 0 Å². The van der Waals surface area contributed by atoms with Crippen molar-refractivity contribution in [3.8, 4) is 0 Å². The summed E-state index contributed by atoms with van der Waals surface area (Å²) in [6.45, 7) is 1.39. The van der Waals surface area contributed by atoms with Gasteiger partial charge < -0.3 is 10.6 Å². The molecule has 0 saturated carbocycles. The lowest BCUT2D eigenvalue weighted by molar-refractivity contribution is -0.137. The van der Waals surface area contributed by atoms with Crippen molar-refractivity contribution in [3.05, 3.63) is 58.6 Å². The van der Waals surface area contributed by atoms with E-state index in [1.54, 1.807) is 0 Å². The molecule has 0 saturated heterocycles. The molecule has 2 amide bonds. The maximum Gasteiger partial charge on any atom is 0.418 e. The van der Waals surface area contributed by atoms with E-state index in [9.17, 15) is 27.6 Å². The first kappa shape index (κ1) is 20.4. The first-order chi connectivity index (χ1) is 12.6. The summed E-state index contributed by atoms with van der Waals surface area (Å²) < 4.78 is 39.0. The SMILES string of the molecule is CC(=O)c1ccc(NC(=O)CC(=O)Nc2ccc(Cl)cc2C(F)(F)F)cc1. The van der Waals surface area contributed by atoms with Gasteiger partial charge >= 0.3 is 6.18 Å². The third-order valence-electron chi connectivity index (χ3n) is 3.46. The predicted molar refractivity (Wildman–Crippen MR) is 94.8 cm³/mol. The minimum absolute atomic E-state index is 0.132. The van der Waals surface area contributed by atoms with Crippen LogP contribution >= 0.6 is 11.6 Å². The van der Waals surface area contributed by atoms with Crippen LogP contribution in [-0.2, 0) is 15.8 Å². The molecule has 5 nitrogen and oxygen atoms in total. The van der Waals surface area contributed by atoms with Crippen molar-refractivity contribution in [1.29, 1.82) is 0 Å². The molecule has 0 aliphatic rings. The molecule has 27 heavy (non-hydrogen) atoms. The van der Waals surface area contributed by atoms with Crippen LogP contribution in [0, 0.1) is 0 Å². The molecule has 0 radical (unpaired) electrons. The minimum Gasteiger partial charge on any atom is -0.326 e. The molecular weight excluding hydrogens is 385 g/mol. The highest BCUT2D eigenvalue weighted by Gasteiger charge is 2.34. The average Bonchev–Trinajstić information content (AvgIpc) is 2.55. The van der Waals surface area contributed by atoms with Gasteiger partial charge in [-0.15, -0.1) is 0 Å². The zero-order valence-corrected chi connectivity index (χ0v) is 14.7. The van der Waals surface area contributed by atoms with Gasteiger partial charge in [0.05, 0.1) is 11.3 Å². The van der Waals surface area contributed by atoms with Gasteiger partial charge in [-0.2, -0.15) is 13.2 Å². The lowest BCUT2D eigenvalue weighted by atomic mass is 10.1. The van der Waals surface area contributed by atoms with Crippen molar-refractivity contribution in [2.45, 2.75) is 19.5 Å². The fraction of sp³-hybridized carbons (Fsp3) is 0.167. The number of alkyl halides is 3. The first-order valence-electron chi connectivity index (χ1n) is 7.63. The highest BCUT2D eigenvalue weighted by molar-refractivity contribution is 6.30. The average molecular weight is 399 g/mol. The molecule has 0 fully saturated rings. The Morgan fingerprint density at radius 3 is 2.11 bits per heavy atom. The summed E-state index contributed by atoms with van der Waals surface area (Å²) in [5.41, 5.74) is -0.799. The maximum atomic E-state index is 13.0. The lowest BCUT2D eigenvalue weighted by Crippen LogP contribution is -2.23. The van der Waals surface area contributed by atoms with Crippen LogP contribution in [0.5, 0.6) is 0 Å². The van der Waals surface area contributed by atoms with Crippen molar-refractivity contribution in [2.24, 2.45) is 0 Å². The fourth-order valence-corrected chi connectivity index (χ4v) is 2.37. The smallest absolute Gasteiger partial charge is 0.326 e. The van der Waals surface area contributed by atoms with E-state index in [2.05, 4.69) is 10.6 Å². The zero-order chi connectivity index (χ0) is 20.2. The zero-order valence-electron chi connectivity index (χ0n) is 14.0. The van der Waals surface area contributed by atoms with Crippen molar-refractivity contribution in [3.63, 3.8) is 0 Å². The van der Waals surface area contributed by atoms with Gasteiger partial charge in [0.25, 0.3) is 0 Å². The van der Waals surface area contributed by atoms with Gasteiger partial charge in [-0.1, -0.05) is 11.6 Å². The van der Waals surface area contributed by atoms with Crippen LogP contribution in [0.2, 0.25) is 5.02 Å². The number of rotatable bonds is 5. The van der Waals surface area contributed by atoms with Crippen molar-refractivity contribution < 1.29 is 27.6 Å². The molecular formula is C18H14ClF3N2O3. The number of carbonyl (C=O) groups excluding carboxylic acids is 3. The number of halogens is 4. The van der Waals surface area contributed by atoms with Gasteiger partial charge in [0.1, 0.15) is 6.42 Å². The molecule has 2 rings (SSSR count). The highest BCUT2D eigenvalue weighted by atomic mass is 35.5. The summed E-state index contributed by atoms with van der Waals surface area (Å²) in [6.07, 6.45) is -5.40. The van der Waals surface area contributed by atoms with Crippen molar-refractivity contribution in [2.75, 3.05) is 10.6 Å². The second-order valence-electron chi connectivity index (χ2n) is 5.59. The van der Waals surface area contributed by atoms with E-state index in [4.69, 9.17) is 11.6 Å². The van der Waals surface area contributed by atoms with Crippen molar-refractivity contribution in [1.82, 2.24) is 0 Å².